The summed E-state index contributed by atoms with van der Waals surface area (Å²) in [5.41, 5.74) is 0.984. The molecule has 0 fully saturated rings. The third-order valence-corrected chi connectivity index (χ3v) is 2.06. The average molecular weight is 243 g/mol. The number of halogens is 1. The number of alkyl halides is 1. The first kappa shape index (κ1) is 12.9. The molecule has 0 aliphatic rings. The highest BCUT2D eigenvalue weighted by molar-refractivity contribution is 6.17. The maximum atomic E-state index is 11.3. The van der Waals surface area contributed by atoms with E-state index in [0.29, 0.717) is 32.1 Å². The molecule has 0 aliphatic heterocycles. The molecule has 0 spiro atoms. The van der Waals surface area contributed by atoms with E-state index in [1.165, 1.54) is 0 Å². The minimum Gasteiger partial charge on any atom is -0.380 e. The molecule has 0 bridgehead atoms. The van der Waals surface area contributed by atoms with Crippen molar-refractivity contribution in [2.24, 2.45) is 0 Å². The molecule has 5 heteroatoms. The predicted molar refractivity (Wildman–Crippen MR) is 62.2 cm³/mol. The summed E-state index contributed by atoms with van der Waals surface area (Å²) in [7, 11) is 0. The topological polar surface area (TPSA) is 51.2 Å². The SMILES string of the molecule is O=C(CCOCCCl)NCc1cccnc1. The normalized spacial score (nSPS) is 10.1. The zero-order chi connectivity index (χ0) is 11.6. The molecule has 0 radical (unpaired) electrons. The van der Waals surface area contributed by atoms with Gasteiger partial charge in [0.05, 0.1) is 13.2 Å². The van der Waals surface area contributed by atoms with Gasteiger partial charge in [0, 0.05) is 31.2 Å². The fraction of sp³-hybridized carbons (Fsp3) is 0.455. The molecule has 0 aromatic carbocycles. The van der Waals surface area contributed by atoms with Crippen LogP contribution in [0, 0.1) is 0 Å². The number of amides is 1. The number of aromatic nitrogens is 1. The van der Waals surface area contributed by atoms with Crippen molar-refractivity contribution in [2.75, 3.05) is 19.1 Å². The molecule has 88 valence electrons. The summed E-state index contributed by atoms with van der Waals surface area (Å²) in [5.74, 6) is 0.426. The Hall–Kier alpha value is -1.13. The summed E-state index contributed by atoms with van der Waals surface area (Å²) in [5, 5.41) is 2.78. The Balaban J connectivity index is 2.11. The van der Waals surface area contributed by atoms with E-state index < -0.39 is 0 Å². The Labute approximate surface area is 100.0 Å². The van der Waals surface area contributed by atoms with Crippen molar-refractivity contribution in [1.29, 1.82) is 0 Å². The summed E-state index contributed by atoms with van der Waals surface area (Å²) in [4.78, 5) is 15.3. The third-order valence-electron chi connectivity index (χ3n) is 1.91. The van der Waals surface area contributed by atoms with Crippen molar-refractivity contribution in [3.63, 3.8) is 0 Å². The van der Waals surface area contributed by atoms with E-state index >= 15 is 0 Å². The van der Waals surface area contributed by atoms with Crippen LogP contribution in [0.4, 0.5) is 0 Å². The molecule has 1 rings (SSSR count). The standard InChI is InChI=1S/C11H15ClN2O2/c12-4-7-16-6-3-11(15)14-9-10-2-1-5-13-8-10/h1-2,5,8H,3-4,6-7,9H2,(H,14,15). The summed E-state index contributed by atoms with van der Waals surface area (Å²) >= 11 is 5.43. The molecule has 1 aromatic heterocycles. The fourth-order valence-corrected chi connectivity index (χ4v) is 1.22. The lowest BCUT2D eigenvalue weighted by Gasteiger charge is -2.05. The first-order valence-electron chi connectivity index (χ1n) is 5.12. The molecule has 1 heterocycles. The van der Waals surface area contributed by atoms with Gasteiger partial charge in [-0.1, -0.05) is 6.07 Å². The lowest BCUT2D eigenvalue weighted by molar-refractivity contribution is -0.122. The Bertz CT molecular complexity index is 306. The monoisotopic (exact) mass is 242 g/mol. The first-order valence-corrected chi connectivity index (χ1v) is 5.65. The van der Waals surface area contributed by atoms with Crippen molar-refractivity contribution in [3.8, 4) is 0 Å². The summed E-state index contributed by atoms with van der Waals surface area (Å²) in [6.45, 7) is 1.39. The van der Waals surface area contributed by atoms with E-state index in [-0.39, 0.29) is 5.91 Å². The number of hydrogen-bond acceptors (Lipinski definition) is 3. The highest BCUT2D eigenvalue weighted by Crippen LogP contribution is 1.94. The minimum atomic E-state index is -0.0292. The molecule has 4 nitrogen and oxygen atoms in total. The number of nitrogens with zero attached hydrogens (tertiary/aromatic N) is 1. The van der Waals surface area contributed by atoms with Crippen molar-refractivity contribution in [2.45, 2.75) is 13.0 Å². The van der Waals surface area contributed by atoms with Gasteiger partial charge >= 0.3 is 0 Å². The second-order valence-electron chi connectivity index (χ2n) is 3.19. The van der Waals surface area contributed by atoms with E-state index in [1.807, 2.05) is 12.1 Å². The summed E-state index contributed by atoms with van der Waals surface area (Å²) < 4.78 is 5.10. The van der Waals surface area contributed by atoms with Gasteiger partial charge in [0.15, 0.2) is 0 Å². The van der Waals surface area contributed by atoms with Crippen LogP contribution in [-0.2, 0) is 16.1 Å². The number of pyridine rings is 1. The number of carbonyl (C=O) groups excluding carboxylic acids is 1. The number of nitrogens with one attached hydrogen (secondary N) is 1. The molecule has 16 heavy (non-hydrogen) atoms. The summed E-state index contributed by atoms with van der Waals surface area (Å²) in [6, 6.07) is 3.75. The molecule has 0 saturated heterocycles. The fourth-order valence-electron chi connectivity index (χ4n) is 1.11. The van der Waals surface area contributed by atoms with Gasteiger partial charge in [0.2, 0.25) is 5.91 Å². The molecule has 1 N–H and O–H groups in total. The van der Waals surface area contributed by atoms with Crippen LogP contribution in [0.5, 0.6) is 0 Å². The second-order valence-corrected chi connectivity index (χ2v) is 3.57. The van der Waals surface area contributed by atoms with Gasteiger partial charge in [-0.3, -0.25) is 9.78 Å². The zero-order valence-electron chi connectivity index (χ0n) is 8.99. The van der Waals surface area contributed by atoms with E-state index in [0.717, 1.165) is 5.56 Å². The molecule has 0 atom stereocenters. The maximum Gasteiger partial charge on any atom is 0.222 e. The van der Waals surface area contributed by atoms with Crippen LogP contribution < -0.4 is 5.32 Å². The van der Waals surface area contributed by atoms with Crippen LogP contribution in [-0.4, -0.2) is 30.0 Å². The smallest absolute Gasteiger partial charge is 0.222 e. The summed E-state index contributed by atoms with van der Waals surface area (Å²) in [6.07, 6.45) is 3.78. The van der Waals surface area contributed by atoms with Crippen LogP contribution in [0.1, 0.15) is 12.0 Å². The number of rotatable bonds is 7. The molecule has 1 aromatic rings. The Morgan fingerprint density at radius 3 is 3.06 bits per heavy atom. The molecular weight excluding hydrogens is 228 g/mol. The molecule has 0 unspecified atom stereocenters. The van der Waals surface area contributed by atoms with Crippen LogP contribution in [0.25, 0.3) is 0 Å². The average Bonchev–Trinajstić information content (AvgIpc) is 2.33. The van der Waals surface area contributed by atoms with Crippen molar-refractivity contribution < 1.29 is 9.53 Å². The van der Waals surface area contributed by atoms with E-state index in [2.05, 4.69) is 10.3 Å². The van der Waals surface area contributed by atoms with Gasteiger partial charge in [-0.15, -0.1) is 11.6 Å². The van der Waals surface area contributed by atoms with Gasteiger partial charge in [0.25, 0.3) is 0 Å². The highest BCUT2D eigenvalue weighted by atomic mass is 35.5. The molecule has 1 amide bonds. The second kappa shape index (κ2) is 8.07. The van der Waals surface area contributed by atoms with Crippen molar-refractivity contribution >= 4 is 17.5 Å². The Kier molecular flexibility index (Phi) is 6.53. The molecule has 0 saturated carbocycles. The number of ether oxygens (including phenoxy) is 1. The van der Waals surface area contributed by atoms with E-state index in [1.54, 1.807) is 12.4 Å². The van der Waals surface area contributed by atoms with Crippen molar-refractivity contribution in [3.05, 3.63) is 30.1 Å². The van der Waals surface area contributed by atoms with Crippen LogP contribution in [0.2, 0.25) is 0 Å². The van der Waals surface area contributed by atoms with Gasteiger partial charge in [-0.25, -0.2) is 0 Å². The van der Waals surface area contributed by atoms with Gasteiger partial charge in [-0.2, -0.15) is 0 Å². The van der Waals surface area contributed by atoms with E-state index in [9.17, 15) is 4.79 Å². The number of carbonyl (C=O) groups is 1. The largest absolute Gasteiger partial charge is 0.380 e. The lowest BCUT2D eigenvalue weighted by Crippen LogP contribution is -2.24. The maximum absolute atomic E-state index is 11.3. The third kappa shape index (κ3) is 5.68. The quantitative estimate of drug-likeness (QED) is 0.580. The lowest BCUT2D eigenvalue weighted by atomic mass is 10.3. The van der Waals surface area contributed by atoms with Gasteiger partial charge < -0.3 is 10.1 Å². The number of hydrogen-bond donors (Lipinski definition) is 1. The minimum absolute atomic E-state index is 0.0292. The molecular formula is C11H15ClN2O2. The molecule has 0 aliphatic carbocycles. The van der Waals surface area contributed by atoms with Gasteiger partial charge in [-0.05, 0) is 11.6 Å². The van der Waals surface area contributed by atoms with Gasteiger partial charge in [0.1, 0.15) is 0 Å². The Morgan fingerprint density at radius 1 is 1.50 bits per heavy atom. The van der Waals surface area contributed by atoms with Crippen molar-refractivity contribution in [1.82, 2.24) is 10.3 Å². The first-order chi connectivity index (χ1) is 7.83. The Morgan fingerprint density at radius 2 is 2.38 bits per heavy atom. The zero-order valence-corrected chi connectivity index (χ0v) is 9.74. The predicted octanol–water partition coefficient (Wildman–Crippen LogP) is 1.34. The van der Waals surface area contributed by atoms with Crippen LogP contribution in [0.3, 0.4) is 0 Å². The van der Waals surface area contributed by atoms with E-state index in [4.69, 9.17) is 16.3 Å². The van der Waals surface area contributed by atoms with Crippen LogP contribution >= 0.6 is 11.6 Å². The van der Waals surface area contributed by atoms with Crippen LogP contribution in [0.15, 0.2) is 24.5 Å². The highest BCUT2D eigenvalue weighted by Gasteiger charge is 2.00.